The molecular weight excluding hydrogens is 600 g/mol. The first-order valence-corrected chi connectivity index (χ1v) is 16.3. The molecule has 4 aromatic rings. The van der Waals surface area contributed by atoms with Crippen molar-refractivity contribution < 1.29 is 14.4 Å². The zero-order valence-electron chi connectivity index (χ0n) is 26.6. The number of amides is 4. The van der Waals surface area contributed by atoms with E-state index in [1.807, 2.05) is 92.8 Å². The minimum Gasteiger partial charge on any atom is -0.361 e. The van der Waals surface area contributed by atoms with E-state index in [0.717, 1.165) is 40.7 Å². The Morgan fingerprint density at radius 2 is 1.65 bits per heavy atom. The molecule has 3 heterocycles. The molecule has 2 N–H and O–H groups in total. The Kier molecular flexibility index (Phi) is 9.33. The van der Waals surface area contributed by atoms with Crippen molar-refractivity contribution in [2.24, 2.45) is 5.92 Å². The molecule has 4 amide bonds. The summed E-state index contributed by atoms with van der Waals surface area (Å²) in [5, 5.41) is 4.81. The Labute approximate surface area is 275 Å². The molecule has 0 saturated carbocycles. The van der Waals surface area contributed by atoms with E-state index in [1.165, 1.54) is 0 Å². The largest absolute Gasteiger partial charge is 0.361 e. The van der Waals surface area contributed by atoms with Crippen LogP contribution in [0.3, 0.4) is 0 Å². The van der Waals surface area contributed by atoms with Gasteiger partial charge in [-0.15, -0.1) is 0 Å². The number of H-pyrrole nitrogens is 1. The van der Waals surface area contributed by atoms with Crippen molar-refractivity contribution in [1.82, 2.24) is 25.0 Å². The average Bonchev–Trinajstić information content (AvgIpc) is 3.50. The first-order valence-electron chi connectivity index (χ1n) is 15.9. The van der Waals surface area contributed by atoms with Gasteiger partial charge in [0.05, 0.1) is 0 Å². The van der Waals surface area contributed by atoms with Crippen LogP contribution >= 0.6 is 11.6 Å². The van der Waals surface area contributed by atoms with Crippen molar-refractivity contribution in [3.8, 4) is 0 Å². The molecule has 1 aromatic heterocycles. The third-order valence-electron chi connectivity index (χ3n) is 9.20. The molecular formula is C36H41ClN6O3. The fourth-order valence-electron chi connectivity index (χ4n) is 6.88. The standard InChI is InChI=1S/C36H41ClN6O3/c1-24(30-21-38-31-12-8-7-11-29(30)31)33(35(45)43-23-25(22-40(2)3)19-27-20-28(37)13-14-32(27)43)39-36(46)42-17-15-41(16-18-42)34(44)26-9-5-4-6-10-26/h4-14,20-21,24-25,33,38H,15-19,22-23H2,1-3H3,(H,39,46)/t24-,25-,33-/m1/s1. The van der Waals surface area contributed by atoms with E-state index in [1.54, 1.807) is 21.9 Å². The molecule has 0 aliphatic carbocycles. The third-order valence-corrected chi connectivity index (χ3v) is 9.44. The number of benzene rings is 3. The summed E-state index contributed by atoms with van der Waals surface area (Å²) in [5.74, 6) is -0.327. The highest BCUT2D eigenvalue weighted by atomic mass is 35.5. The second-order valence-corrected chi connectivity index (χ2v) is 13.1. The Bertz CT molecular complexity index is 1720. The van der Waals surface area contributed by atoms with Crippen LogP contribution in [0, 0.1) is 5.92 Å². The maximum atomic E-state index is 14.7. The molecule has 1 saturated heterocycles. The summed E-state index contributed by atoms with van der Waals surface area (Å²) in [5.41, 5.74) is 4.44. The highest BCUT2D eigenvalue weighted by Crippen LogP contribution is 2.35. The lowest BCUT2D eigenvalue weighted by atomic mass is 9.88. The summed E-state index contributed by atoms with van der Waals surface area (Å²) < 4.78 is 0. The molecule has 46 heavy (non-hydrogen) atoms. The van der Waals surface area contributed by atoms with Crippen LogP contribution in [0.15, 0.2) is 79.0 Å². The lowest BCUT2D eigenvalue weighted by Crippen LogP contribution is -2.59. The summed E-state index contributed by atoms with van der Waals surface area (Å²) >= 11 is 6.41. The number of carbonyl (C=O) groups is 3. The molecule has 0 radical (unpaired) electrons. The second kappa shape index (κ2) is 13.6. The number of nitrogens with zero attached hydrogens (tertiary/aromatic N) is 4. The van der Waals surface area contributed by atoms with Crippen LogP contribution < -0.4 is 10.2 Å². The Hall–Kier alpha value is -4.34. The number of anilines is 1. The fourth-order valence-corrected chi connectivity index (χ4v) is 7.07. The van der Waals surface area contributed by atoms with E-state index >= 15 is 0 Å². The minimum atomic E-state index is -0.836. The summed E-state index contributed by atoms with van der Waals surface area (Å²) in [7, 11) is 4.07. The zero-order chi connectivity index (χ0) is 32.4. The van der Waals surface area contributed by atoms with Gasteiger partial charge in [0.15, 0.2) is 0 Å². The number of piperazine rings is 1. The highest BCUT2D eigenvalue weighted by Gasteiger charge is 2.38. The SMILES string of the molecule is C[C@H](c1c[nH]c2ccccc12)[C@@H](NC(=O)N1CCN(C(=O)c2ccccc2)CC1)C(=O)N1C[C@@H](CN(C)C)Cc2cc(Cl)ccc21. The summed E-state index contributed by atoms with van der Waals surface area (Å²) in [6.45, 7) is 4.95. The third kappa shape index (κ3) is 6.62. The van der Waals surface area contributed by atoms with Crippen molar-refractivity contribution in [1.29, 1.82) is 0 Å². The maximum absolute atomic E-state index is 14.7. The van der Waals surface area contributed by atoms with E-state index in [-0.39, 0.29) is 29.7 Å². The smallest absolute Gasteiger partial charge is 0.318 e. The molecule has 1 fully saturated rings. The molecule has 10 heteroatoms. The second-order valence-electron chi connectivity index (χ2n) is 12.7. The van der Waals surface area contributed by atoms with Crippen LogP contribution in [-0.4, -0.2) is 96.9 Å². The van der Waals surface area contributed by atoms with Gasteiger partial charge in [-0.3, -0.25) is 9.59 Å². The quantitative estimate of drug-likeness (QED) is 0.290. The summed E-state index contributed by atoms with van der Waals surface area (Å²) in [6.07, 6.45) is 2.76. The summed E-state index contributed by atoms with van der Waals surface area (Å²) in [4.78, 5) is 52.4. The van der Waals surface area contributed by atoms with Crippen molar-refractivity contribution in [2.75, 3.05) is 58.3 Å². The first kappa shape index (κ1) is 31.6. The summed E-state index contributed by atoms with van der Waals surface area (Å²) in [6, 6.07) is 21.7. The number of nitrogens with one attached hydrogen (secondary N) is 2. The van der Waals surface area contributed by atoms with Gasteiger partial charge < -0.3 is 29.9 Å². The van der Waals surface area contributed by atoms with Crippen molar-refractivity contribution in [3.05, 3.63) is 101 Å². The van der Waals surface area contributed by atoms with Gasteiger partial charge in [-0.05, 0) is 74.0 Å². The van der Waals surface area contributed by atoms with Crippen molar-refractivity contribution >= 4 is 46.0 Å². The monoisotopic (exact) mass is 640 g/mol. The number of carbonyl (C=O) groups excluding carboxylic acids is 3. The van der Waals surface area contributed by atoms with E-state index in [2.05, 4.69) is 15.2 Å². The van der Waals surface area contributed by atoms with Crippen molar-refractivity contribution in [2.45, 2.75) is 25.3 Å². The van der Waals surface area contributed by atoms with Crippen LogP contribution in [0.2, 0.25) is 5.02 Å². The lowest BCUT2D eigenvalue weighted by Gasteiger charge is -2.40. The average molecular weight is 641 g/mol. The highest BCUT2D eigenvalue weighted by molar-refractivity contribution is 6.30. The number of fused-ring (bicyclic) bond motifs is 2. The molecule has 240 valence electrons. The molecule has 0 unspecified atom stereocenters. The van der Waals surface area contributed by atoms with E-state index in [0.29, 0.717) is 43.3 Å². The van der Waals surface area contributed by atoms with Crippen LogP contribution in [0.4, 0.5) is 10.5 Å². The van der Waals surface area contributed by atoms with Gasteiger partial charge in [0.2, 0.25) is 5.91 Å². The molecule has 3 aromatic carbocycles. The van der Waals surface area contributed by atoms with E-state index in [4.69, 9.17) is 11.6 Å². The number of halogens is 1. The number of rotatable bonds is 7. The topological polar surface area (TPSA) is 92.0 Å². The maximum Gasteiger partial charge on any atom is 0.318 e. The Morgan fingerprint density at radius 1 is 0.957 bits per heavy atom. The fraction of sp³-hybridized carbons (Fsp3) is 0.361. The zero-order valence-corrected chi connectivity index (χ0v) is 27.3. The van der Waals surface area contributed by atoms with Crippen LogP contribution in [0.25, 0.3) is 10.9 Å². The number of hydrogen-bond acceptors (Lipinski definition) is 4. The van der Waals surface area contributed by atoms with Gasteiger partial charge in [-0.2, -0.15) is 0 Å². The lowest BCUT2D eigenvalue weighted by molar-refractivity contribution is -0.121. The van der Waals surface area contributed by atoms with Gasteiger partial charge in [0, 0.05) is 78.6 Å². The molecule has 6 rings (SSSR count). The predicted molar refractivity (Wildman–Crippen MR) is 183 cm³/mol. The Balaban J connectivity index is 1.26. The molecule has 0 bridgehead atoms. The number of hydrogen-bond donors (Lipinski definition) is 2. The van der Waals surface area contributed by atoms with Gasteiger partial charge in [0.1, 0.15) is 6.04 Å². The van der Waals surface area contributed by atoms with E-state index < -0.39 is 6.04 Å². The van der Waals surface area contributed by atoms with Gasteiger partial charge in [0.25, 0.3) is 5.91 Å². The number of para-hydroxylation sites is 1. The van der Waals surface area contributed by atoms with E-state index in [9.17, 15) is 14.4 Å². The normalized spacial score (nSPS) is 17.9. The van der Waals surface area contributed by atoms with Crippen LogP contribution in [-0.2, 0) is 11.2 Å². The minimum absolute atomic E-state index is 0.0437. The van der Waals surface area contributed by atoms with Gasteiger partial charge in [-0.25, -0.2) is 4.79 Å². The molecule has 9 nitrogen and oxygen atoms in total. The number of urea groups is 1. The molecule has 2 aliphatic heterocycles. The van der Waals surface area contributed by atoms with Gasteiger partial charge in [-0.1, -0.05) is 54.9 Å². The number of aromatic amines is 1. The van der Waals surface area contributed by atoms with Crippen LogP contribution in [0.5, 0.6) is 0 Å². The number of aromatic nitrogens is 1. The predicted octanol–water partition coefficient (Wildman–Crippen LogP) is 5.23. The van der Waals surface area contributed by atoms with Crippen molar-refractivity contribution in [3.63, 3.8) is 0 Å². The molecule has 2 aliphatic rings. The van der Waals surface area contributed by atoms with Crippen LogP contribution in [0.1, 0.15) is 34.3 Å². The van der Waals surface area contributed by atoms with Gasteiger partial charge >= 0.3 is 6.03 Å². The first-order chi connectivity index (χ1) is 22.2. The molecule has 0 spiro atoms. The molecule has 3 atom stereocenters. The Morgan fingerprint density at radius 3 is 2.39 bits per heavy atom.